The standard InChI is InChI=1S/C66H109NO8/c1-3-5-7-9-11-13-15-17-19-20-21-22-23-24-25-26-27-28-29-30-31-32-33-34-35-36-37-38-39-40-42-44-46-48-50-52-54-56-62(70)67-59(58-74-66-65(73)64(72)63(71)61(57-68)75-66)60(69)55-53-51-49-47-45-43-41-18-16-14-12-10-8-6-4-2/h5,7,11,13,17,19,21-22,24-25,27-28,30-31,33-34,36-37,39-40,53,55,59-61,63-66,68-69,71-73H,3-4,6,8-10,12,14-16,18,20,23,26,29,32,35,38,41-52,54,56-58H2,1-2H3,(H,67,70)/b7-5-,13-11-,19-17-,22-21-,25-24-,28-27-,31-30-,34-33-,37-36-,40-39-,55-53+. The van der Waals surface area contributed by atoms with Crippen LogP contribution in [0.2, 0.25) is 0 Å². The molecule has 6 N–H and O–H groups in total. The number of carbonyl (C=O) groups is 1. The number of ether oxygens (including phenoxy) is 2. The van der Waals surface area contributed by atoms with Crippen molar-refractivity contribution in [1.29, 1.82) is 0 Å². The van der Waals surface area contributed by atoms with Crippen LogP contribution in [-0.2, 0) is 14.3 Å². The van der Waals surface area contributed by atoms with Crippen LogP contribution in [-0.4, -0.2) is 87.5 Å². The maximum atomic E-state index is 13.1. The van der Waals surface area contributed by atoms with Gasteiger partial charge in [-0.15, -0.1) is 0 Å². The summed E-state index contributed by atoms with van der Waals surface area (Å²) in [7, 11) is 0. The fourth-order valence-corrected chi connectivity index (χ4v) is 8.54. The van der Waals surface area contributed by atoms with Crippen molar-refractivity contribution in [2.45, 2.75) is 262 Å². The van der Waals surface area contributed by atoms with Crippen molar-refractivity contribution in [2.75, 3.05) is 13.2 Å². The molecule has 7 atom stereocenters. The maximum Gasteiger partial charge on any atom is 0.220 e. The number of aliphatic hydroxyl groups excluding tert-OH is 5. The summed E-state index contributed by atoms with van der Waals surface area (Å²) in [5, 5.41) is 54.5. The Hall–Kier alpha value is -3.67. The molecule has 1 rings (SSSR count). The summed E-state index contributed by atoms with van der Waals surface area (Å²) < 4.78 is 11.3. The topological polar surface area (TPSA) is 149 Å². The van der Waals surface area contributed by atoms with Gasteiger partial charge >= 0.3 is 0 Å². The first-order chi connectivity index (χ1) is 36.8. The van der Waals surface area contributed by atoms with Crippen molar-refractivity contribution < 1.29 is 39.8 Å². The first kappa shape index (κ1) is 69.3. The molecule has 7 unspecified atom stereocenters. The number of carbonyl (C=O) groups excluding carboxylic acids is 1. The first-order valence-corrected chi connectivity index (χ1v) is 29.9. The van der Waals surface area contributed by atoms with Crippen LogP contribution in [0.15, 0.2) is 134 Å². The molecule has 1 fully saturated rings. The SMILES string of the molecule is CC/C=C\C/C=C\C/C=C\C/C=C\C/C=C\C/C=C\C/C=C\C/C=C\C/C=C\C/C=C\CCCCCCCCC(=O)NC(COC1OC(CO)C(O)C(O)C1O)C(O)/C=C/CCCCCCCCCCCCCCC. The number of aliphatic hydroxyl groups is 5. The monoisotopic (exact) mass is 1040 g/mol. The molecule has 0 aromatic heterocycles. The van der Waals surface area contributed by atoms with Crippen molar-refractivity contribution in [1.82, 2.24) is 5.32 Å². The van der Waals surface area contributed by atoms with Gasteiger partial charge in [-0.2, -0.15) is 0 Å². The van der Waals surface area contributed by atoms with Gasteiger partial charge in [0.2, 0.25) is 5.91 Å². The minimum atomic E-state index is -1.58. The van der Waals surface area contributed by atoms with Crippen LogP contribution in [0.25, 0.3) is 0 Å². The van der Waals surface area contributed by atoms with Crippen molar-refractivity contribution >= 4 is 5.91 Å². The largest absolute Gasteiger partial charge is 0.394 e. The highest BCUT2D eigenvalue weighted by Crippen LogP contribution is 2.23. The quantitative estimate of drug-likeness (QED) is 0.0261. The fourth-order valence-electron chi connectivity index (χ4n) is 8.54. The fraction of sp³-hybridized carbons (Fsp3) is 0.652. The van der Waals surface area contributed by atoms with Crippen LogP contribution < -0.4 is 5.32 Å². The smallest absolute Gasteiger partial charge is 0.220 e. The number of hydrogen-bond donors (Lipinski definition) is 6. The summed E-state index contributed by atoms with van der Waals surface area (Å²) in [6.07, 6.45) is 75.1. The van der Waals surface area contributed by atoms with Crippen molar-refractivity contribution in [2.24, 2.45) is 0 Å². The van der Waals surface area contributed by atoms with Gasteiger partial charge in [-0.05, 0) is 96.3 Å². The third kappa shape index (κ3) is 43.1. The summed E-state index contributed by atoms with van der Waals surface area (Å²) in [4.78, 5) is 13.1. The van der Waals surface area contributed by atoms with Crippen LogP contribution in [0.4, 0.5) is 0 Å². The maximum absolute atomic E-state index is 13.1. The van der Waals surface area contributed by atoms with Gasteiger partial charge in [-0.3, -0.25) is 4.79 Å². The number of allylic oxidation sites excluding steroid dienone is 21. The Morgan fingerprint density at radius 3 is 1.23 bits per heavy atom. The highest BCUT2D eigenvalue weighted by Gasteiger charge is 2.44. The molecule has 426 valence electrons. The van der Waals surface area contributed by atoms with Gasteiger partial charge in [0.05, 0.1) is 25.4 Å². The molecule has 0 radical (unpaired) electrons. The van der Waals surface area contributed by atoms with E-state index in [0.29, 0.717) is 6.42 Å². The molecule has 0 bridgehead atoms. The third-order valence-corrected chi connectivity index (χ3v) is 13.2. The van der Waals surface area contributed by atoms with Gasteiger partial charge in [0.15, 0.2) is 6.29 Å². The van der Waals surface area contributed by atoms with Gasteiger partial charge in [0, 0.05) is 6.42 Å². The highest BCUT2D eigenvalue weighted by molar-refractivity contribution is 5.76. The van der Waals surface area contributed by atoms with Gasteiger partial charge in [-0.25, -0.2) is 0 Å². The van der Waals surface area contributed by atoms with Crippen LogP contribution in [0, 0.1) is 0 Å². The Balaban J connectivity index is 2.21. The Morgan fingerprint density at radius 2 is 0.827 bits per heavy atom. The summed E-state index contributed by atoms with van der Waals surface area (Å²) in [5.41, 5.74) is 0. The predicted octanol–water partition coefficient (Wildman–Crippen LogP) is 15.3. The number of rotatable bonds is 49. The molecule has 0 aromatic rings. The summed E-state index contributed by atoms with van der Waals surface area (Å²) >= 11 is 0. The average molecular weight is 1040 g/mol. The lowest BCUT2D eigenvalue weighted by atomic mass is 9.99. The minimum Gasteiger partial charge on any atom is -0.394 e. The van der Waals surface area contributed by atoms with Gasteiger partial charge in [0.1, 0.15) is 24.4 Å². The Morgan fingerprint density at radius 1 is 0.467 bits per heavy atom. The van der Waals surface area contributed by atoms with E-state index in [0.717, 1.165) is 128 Å². The molecule has 0 aliphatic carbocycles. The summed E-state index contributed by atoms with van der Waals surface area (Å²) in [6, 6.07) is -0.822. The molecule has 1 heterocycles. The molecule has 1 aliphatic heterocycles. The van der Waals surface area contributed by atoms with Crippen LogP contribution in [0.5, 0.6) is 0 Å². The van der Waals surface area contributed by atoms with E-state index < -0.39 is 49.5 Å². The first-order valence-electron chi connectivity index (χ1n) is 29.9. The summed E-state index contributed by atoms with van der Waals surface area (Å²) in [6.45, 7) is 3.64. The molecular formula is C66H109NO8. The van der Waals surface area contributed by atoms with E-state index in [-0.39, 0.29) is 12.5 Å². The van der Waals surface area contributed by atoms with E-state index in [1.165, 1.54) is 70.6 Å². The van der Waals surface area contributed by atoms with E-state index in [2.05, 4.69) is 141 Å². The van der Waals surface area contributed by atoms with Crippen molar-refractivity contribution in [3.05, 3.63) is 134 Å². The molecule has 0 aromatic carbocycles. The molecule has 1 saturated heterocycles. The van der Waals surface area contributed by atoms with Gasteiger partial charge < -0.3 is 40.3 Å². The second kappa shape index (κ2) is 53.7. The molecule has 9 heteroatoms. The molecule has 1 amide bonds. The van der Waals surface area contributed by atoms with E-state index >= 15 is 0 Å². The highest BCUT2D eigenvalue weighted by atomic mass is 16.7. The normalized spacial score (nSPS) is 19.9. The number of hydrogen-bond acceptors (Lipinski definition) is 8. The summed E-state index contributed by atoms with van der Waals surface area (Å²) in [5.74, 6) is -0.197. The van der Waals surface area contributed by atoms with E-state index in [4.69, 9.17) is 9.47 Å². The molecule has 1 aliphatic rings. The Kier molecular flexibility index (Phi) is 49.7. The van der Waals surface area contributed by atoms with E-state index in [1.807, 2.05) is 6.08 Å². The third-order valence-electron chi connectivity index (χ3n) is 13.2. The van der Waals surface area contributed by atoms with Crippen molar-refractivity contribution in [3.63, 3.8) is 0 Å². The second-order valence-electron chi connectivity index (χ2n) is 20.1. The van der Waals surface area contributed by atoms with E-state index in [1.54, 1.807) is 6.08 Å². The zero-order chi connectivity index (χ0) is 54.3. The van der Waals surface area contributed by atoms with Crippen molar-refractivity contribution in [3.8, 4) is 0 Å². The lowest BCUT2D eigenvalue weighted by Crippen LogP contribution is -2.60. The van der Waals surface area contributed by atoms with Gasteiger partial charge in [0.25, 0.3) is 0 Å². The predicted molar refractivity (Wildman–Crippen MR) is 317 cm³/mol. The molecule has 0 saturated carbocycles. The van der Waals surface area contributed by atoms with Crippen LogP contribution >= 0.6 is 0 Å². The molecule has 75 heavy (non-hydrogen) atoms. The van der Waals surface area contributed by atoms with E-state index in [9.17, 15) is 30.3 Å². The number of amides is 1. The molecular weight excluding hydrogens is 935 g/mol. The number of nitrogens with one attached hydrogen (secondary N) is 1. The second-order valence-corrected chi connectivity index (χ2v) is 20.1. The lowest BCUT2D eigenvalue weighted by molar-refractivity contribution is -0.302. The minimum absolute atomic E-state index is 0.197. The number of unbranched alkanes of at least 4 members (excludes halogenated alkanes) is 19. The Labute approximate surface area is 458 Å². The van der Waals surface area contributed by atoms with Gasteiger partial charge in [-0.1, -0.05) is 250 Å². The molecule has 0 spiro atoms. The zero-order valence-electron chi connectivity index (χ0n) is 47.2. The van der Waals surface area contributed by atoms with Crippen LogP contribution in [0.1, 0.15) is 219 Å². The average Bonchev–Trinajstić information content (AvgIpc) is 3.41. The lowest BCUT2D eigenvalue weighted by Gasteiger charge is -2.40. The molecule has 9 nitrogen and oxygen atoms in total. The Bertz CT molecular complexity index is 1640. The zero-order valence-corrected chi connectivity index (χ0v) is 47.2. The van der Waals surface area contributed by atoms with Crippen LogP contribution in [0.3, 0.4) is 0 Å².